The number of hydrogen-bond acceptors (Lipinski definition) is 1. The highest BCUT2D eigenvalue weighted by atomic mass is 14.8. The van der Waals surface area contributed by atoms with Gasteiger partial charge in [0.2, 0.25) is 0 Å². The third-order valence-corrected chi connectivity index (χ3v) is 3.27. The van der Waals surface area contributed by atoms with Crippen molar-refractivity contribution in [3.8, 4) is 0 Å². The molecule has 1 rings (SSSR count). The van der Waals surface area contributed by atoms with Crippen LogP contribution in [0.15, 0.2) is 12.2 Å². The summed E-state index contributed by atoms with van der Waals surface area (Å²) in [5.74, 6) is 0.908. The van der Waals surface area contributed by atoms with Gasteiger partial charge in [0.15, 0.2) is 0 Å². The van der Waals surface area contributed by atoms with Gasteiger partial charge >= 0.3 is 0 Å². The smallest absolute Gasteiger partial charge is 0.00174 e. The van der Waals surface area contributed by atoms with Crippen molar-refractivity contribution in [3.63, 3.8) is 0 Å². The molecular formula is C14H27N. The van der Waals surface area contributed by atoms with Gasteiger partial charge in [-0.2, -0.15) is 0 Å². The van der Waals surface area contributed by atoms with Gasteiger partial charge in [0.25, 0.3) is 0 Å². The van der Waals surface area contributed by atoms with Crippen LogP contribution in [0.5, 0.6) is 0 Å². The molecule has 1 atom stereocenters. The standard InChI is InChI=1S/C14H27N/c1-2-3-4-5-9-12-15-13-14-10-7-6-8-11-14/h6-7,14-15H,2-5,8-13H2,1H3. The lowest BCUT2D eigenvalue weighted by Gasteiger charge is -2.18. The molecule has 0 fully saturated rings. The number of hydrogen-bond donors (Lipinski definition) is 1. The normalized spacial score (nSPS) is 20.7. The van der Waals surface area contributed by atoms with Crippen LogP contribution < -0.4 is 5.32 Å². The van der Waals surface area contributed by atoms with Gasteiger partial charge in [-0.25, -0.2) is 0 Å². The van der Waals surface area contributed by atoms with E-state index in [4.69, 9.17) is 0 Å². The Morgan fingerprint density at radius 1 is 1.13 bits per heavy atom. The van der Waals surface area contributed by atoms with Crippen LogP contribution in [0.3, 0.4) is 0 Å². The number of allylic oxidation sites excluding steroid dienone is 2. The lowest BCUT2D eigenvalue weighted by molar-refractivity contribution is 0.435. The third kappa shape index (κ3) is 6.72. The Balaban J connectivity index is 1.82. The van der Waals surface area contributed by atoms with E-state index in [1.165, 1.54) is 64.5 Å². The fourth-order valence-corrected chi connectivity index (χ4v) is 2.20. The second-order valence-corrected chi connectivity index (χ2v) is 4.77. The summed E-state index contributed by atoms with van der Waals surface area (Å²) < 4.78 is 0. The van der Waals surface area contributed by atoms with Gasteiger partial charge in [0.05, 0.1) is 0 Å². The highest BCUT2D eigenvalue weighted by molar-refractivity contribution is 4.90. The summed E-state index contributed by atoms with van der Waals surface area (Å²) in [6.45, 7) is 4.73. The SMILES string of the molecule is CCCCCCCNCC1CC=CCC1. The number of nitrogens with one attached hydrogen (secondary N) is 1. The molecule has 15 heavy (non-hydrogen) atoms. The maximum absolute atomic E-state index is 3.60. The highest BCUT2D eigenvalue weighted by Crippen LogP contribution is 2.16. The van der Waals surface area contributed by atoms with Crippen molar-refractivity contribution >= 4 is 0 Å². The minimum atomic E-state index is 0.908. The molecule has 1 heteroatoms. The fourth-order valence-electron chi connectivity index (χ4n) is 2.20. The Bertz CT molecular complexity index is 163. The monoisotopic (exact) mass is 209 g/mol. The van der Waals surface area contributed by atoms with Crippen LogP contribution in [0, 0.1) is 5.92 Å². The van der Waals surface area contributed by atoms with E-state index in [0.717, 1.165) is 5.92 Å². The molecule has 88 valence electrons. The van der Waals surface area contributed by atoms with Crippen LogP contribution in [0.1, 0.15) is 58.3 Å². The molecule has 1 aliphatic rings. The largest absolute Gasteiger partial charge is 0.316 e. The van der Waals surface area contributed by atoms with Crippen LogP contribution in [-0.4, -0.2) is 13.1 Å². The zero-order valence-electron chi connectivity index (χ0n) is 10.3. The maximum Gasteiger partial charge on any atom is -0.00174 e. The molecule has 0 spiro atoms. The molecule has 0 aromatic carbocycles. The molecule has 0 saturated heterocycles. The van der Waals surface area contributed by atoms with E-state index in [1.807, 2.05) is 0 Å². The summed E-state index contributed by atoms with van der Waals surface area (Å²) in [5.41, 5.74) is 0. The number of rotatable bonds is 8. The molecule has 1 N–H and O–H groups in total. The summed E-state index contributed by atoms with van der Waals surface area (Å²) in [6.07, 6.45) is 15.6. The zero-order valence-corrected chi connectivity index (χ0v) is 10.3. The first-order valence-corrected chi connectivity index (χ1v) is 6.79. The van der Waals surface area contributed by atoms with Crippen molar-refractivity contribution in [1.82, 2.24) is 5.32 Å². The Labute approximate surface area is 95.3 Å². The third-order valence-electron chi connectivity index (χ3n) is 3.27. The lowest BCUT2D eigenvalue weighted by atomic mass is 9.94. The zero-order chi connectivity index (χ0) is 10.8. The van der Waals surface area contributed by atoms with Crippen molar-refractivity contribution < 1.29 is 0 Å². The Morgan fingerprint density at radius 3 is 2.73 bits per heavy atom. The van der Waals surface area contributed by atoms with Gasteiger partial charge in [-0.15, -0.1) is 0 Å². The first kappa shape index (κ1) is 12.8. The van der Waals surface area contributed by atoms with Crippen LogP contribution in [-0.2, 0) is 0 Å². The molecule has 1 nitrogen and oxygen atoms in total. The van der Waals surface area contributed by atoms with Crippen LogP contribution in [0.2, 0.25) is 0 Å². The maximum atomic E-state index is 3.60. The molecule has 0 aromatic heterocycles. The van der Waals surface area contributed by atoms with Crippen molar-refractivity contribution in [2.75, 3.05) is 13.1 Å². The van der Waals surface area contributed by atoms with Gasteiger partial charge in [0.1, 0.15) is 0 Å². The summed E-state index contributed by atoms with van der Waals surface area (Å²) >= 11 is 0. The van der Waals surface area contributed by atoms with Crippen molar-refractivity contribution in [1.29, 1.82) is 0 Å². The van der Waals surface area contributed by atoms with E-state index in [0.29, 0.717) is 0 Å². The minimum absolute atomic E-state index is 0.908. The predicted molar refractivity (Wildman–Crippen MR) is 68.1 cm³/mol. The van der Waals surface area contributed by atoms with Gasteiger partial charge in [-0.05, 0) is 44.7 Å². The topological polar surface area (TPSA) is 12.0 Å². The quantitative estimate of drug-likeness (QED) is 0.472. The van der Waals surface area contributed by atoms with Crippen LogP contribution in [0.25, 0.3) is 0 Å². The molecule has 0 bridgehead atoms. The van der Waals surface area contributed by atoms with E-state index >= 15 is 0 Å². The summed E-state index contributed by atoms with van der Waals surface area (Å²) in [6, 6.07) is 0. The molecule has 1 aliphatic carbocycles. The van der Waals surface area contributed by atoms with E-state index < -0.39 is 0 Å². The van der Waals surface area contributed by atoms with Gasteiger partial charge in [-0.3, -0.25) is 0 Å². The molecule has 0 aliphatic heterocycles. The Hall–Kier alpha value is -0.300. The molecular weight excluding hydrogens is 182 g/mol. The lowest BCUT2D eigenvalue weighted by Crippen LogP contribution is -2.24. The van der Waals surface area contributed by atoms with E-state index in [2.05, 4.69) is 24.4 Å². The molecule has 0 heterocycles. The molecule has 1 unspecified atom stereocenters. The first-order chi connectivity index (χ1) is 7.43. The highest BCUT2D eigenvalue weighted by Gasteiger charge is 2.08. The van der Waals surface area contributed by atoms with Crippen molar-refractivity contribution in [2.24, 2.45) is 5.92 Å². The molecule has 0 amide bonds. The summed E-state index contributed by atoms with van der Waals surface area (Å²) in [4.78, 5) is 0. The molecule has 0 radical (unpaired) electrons. The average Bonchev–Trinajstić information content (AvgIpc) is 2.29. The summed E-state index contributed by atoms with van der Waals surface area (Å²) in [5, 5.41) is 3.60. The second kappa shape index (κ2) is 8.96. The molecule has 0 aromatic rings. The molecule has 0 saturated carbocycles. The average molecular weight is 209 g/mol. The van der Waals surface area contributed by atoms with E-state index in [-0.39, 0.29) is 0 Å². The van der Waals surface area contributed by atoms with Crippen LogP contribution >= 0.6 is 0 Å². The van der Waals surface area contributed by atoms with E-state index in [9.17, 15) is 0 Å². The van der Waals surface area contributed by atoms with Crippen LogP contribution in [0.4, 0.5) is 0 Å². The van der Waals surface area contributed by atoms with E-state index in [1.54, 1.807) is 0 Å². The van der Waals surface area contributed by atoms with Gasteiger partial charge in [0, 0.05) is 0 Å². The Morgan fingerprint density at radius 2 is 2.00 bits per heavy atom. The second-order valence-electron chi connectivity index (χ2n) is 4.77. The van der Waals surface area contributed by atoms with Crippen molar-refractivity contribution in [3.05, 3.63) is 12.2 Å². The fraction of sp³-hybridized carbons (Fsp3) is 0.857. The number of unbranched alkanes of at least 4 members (excludes halogenated alkanes) is 4. The summed E-state index contributed by atoms with van der Waals surface area (Å²) in [7, 11) is 0. The van der Waals surface area contributed by atoms with Gasteiger partial charge < -0.3 is 5.32 Å². The first-order valence-electron chi connectivity index (χ1n) is 6.79. The Kier molecular flexibility index (Phi) is 7.63. The van der Waals surface area contributed by atoms with Crippen molar-refractivity contribution in [2.45, 2.75) is 58.3 Å². The minimum Gasteiger partial charge on any atom is -0.316 e. The van der Waals surface area contributed by atoms with Gasteiger partial charge in [-0.1, -0.05) is 44.8 Å². The predicted octanol–water partition coefficient (Wildman–Crippen LogP) is 3.90.